The molecule has 1 amide bonds. The smallest absolute Gasteiger partial charge is 0.418 e. The summed E-state index contributed by atoms with van der Waals surface area (Å²) in [7, 11) is 0. The fraction of sp³-hybridized carbons (Fsp3) is 0.235. The summed E-state index contributed by atoms with van der Waals surface area (Å²) in [6.45, 7) is 1.69. The summed E-state index contributed by atoms with van der Waals surface area (Å²) in [6, 6.07) is 11.4. The summed E-state index contributed by atoms with van der Waals surface area (Å²) in [6.07, 6.45) is -5.26. The highest BCUT2D eigenvalue weighted by molar-refractivity contribution is 6.32. The Labute approximate surface area is 142 Å². The van der Waals surface area contributed by atoms with Crippen molar-refractivity contribution in [3.8, 4) is 5.75 Å². The first-order valence-corrected chi connectivity index (χ1v) is 7.59. The SMILES string of the molecule is CC[C@H](Oc1ccccc1Cl)C(=O)Nc1ccccc1C(F)(F)F. The predicted octanol–water partition coefficient (Wildman–Crippen LogP) is 5.15. The highest BCUT2D eigenvalue weighted by atomic mass is 35.5. The minimum absolute atomic E-state index is 0.269. The number of para-hydroxylation sites is 2. The van der Waals surface area contributed by atoms with Crippen LogP contribution in [0.5, 0.6) is 5.75 Å². The van der Waals surface area contributed by atoms with Gasteiger partial charge >= 0.3 is 6.18 Å². The summed E-state index contributed by atoms with van der Waals surface area (Å²) in [5.74, 6) is -0.376. The van der Waals surface area contributed by atoms with Crippen LogP contribution in [0.3, 0.4) is 0 Å². The standard InChI is InChI=1S/C17H15ClF3NO2/c1-2-14(24-15-10-6-4-8-12(15)18)16(23)22-13-9-5-3-7-11(13)17(19,20)21/h3-10,14H,2H2,1H3,(H,22,23)/t14-/m0/s1. The number of rotatable bonds is 5. The molecule has 1 N–H and O–H groups in total. The molecule has 7 heteroatoms. The fourth-order valence-electron chi connectivity index (χ4n) is 2.07. The number of nitrogens with one attached hydrogen (secondary N) is 1. The van der Waals surface area contributed by atoms with E-state index in [1.54, 1.807) is 31.2 Å². The summed E-state index contributed by atoms with van der Waals surface area (Å²) in [5, 5.41) is 2.60. The maximum Gasteiger partial charge on any atom is 0.418 e. The van der Waals surface area contributed by atoms with Crippen LogP contribution >= 0.6 is 11.6 Å². The second-order valence-electron chi connectivity index (χ2n) is 4.98. The third-order valence-electron chi connectivity index (χ3n) is 3.26. The molecule has 1 atom stereocenters. The summed E-state index contributed by atoms with van der Waals surface area (Å²) < 4.78 is 44.5. The van der Waals surface area contributed by atoms with Crippen LogP contribution in [-0.2, 0) is 11.0 Å². The lowest BCUT2D eigenvalue weighted by atomic mass is 10.1. The van der Waals surface area contributed by atoms with Gasteiger partial charge in [-0.05, 0) is 30.7 Å². The van der Waals surface area contributed by atoms with Crippen LogP contribution in [-0.4, -0.2) is 12.0 Å². The van der Waals surface area contributed by atoms with Gasteiger partial charge in [-0.2, -0.15) is 13.2 Å². The molecule has 0 aliphatic heterocycles. The molecular formula is C17H15ClF3NO2. The molecule has 0 fully saturated rings. The molecule has 2 aromatic carbocycles. The number of halogens is 4. The monoisotopic (exact) mass is 357 g/mol. The number of alkyl halides is 3. The van der Waals surface area contributed by atoms with E-state index in [2.05, 4.69) is 5.32 Å². The first-order valence-electron chi connectivity index (χ1n) is 7.21. The Balaban J connectivity index is 2.18. The zero-order chi connectivity index (χ0) is 17.7. The number of carbonyl (C=O) groups excluding carboxylic acids is 1. The van der Waals surface area contributed by atoms with E-state index in [-0.39, 0.29) is 12.1 Å². The largest absolute Gasteiger partial charge is 0.479 e. The van der Waals surface area contributed by atoms with Crippen LogP contribution in [0.15, 0.2) is 48.5 Å². The van der Waals surface area contributed by atoms with Crippen LogP contribution < -0.4 is 10.1 Å². The third-order valence-corrected chi connectivity index (χ3v) is 3.57. The van der Waals surface area contributed by atoms with Crippen molar-refractivity contribution in [2.75, 3.05) is 5.32 Å². The Bertz CT molecular complexity index is 719. The van der Waals surface area contributed by atoms with Crippen LogP contribution in [0.25, 0.3) is 0 Å². The normalized spacial score (nSPS) is 12.5. The minimum Gasteiger partial charge on any atom is -0.479 e. The van der Waals surface area contributed by atoms with Gasteiger partial charge in [-0.3, -0.25) is 4.79 Å². The Morgan fingerprint density at radius 3 is 2.42 bits per heavy atom. The van der Waals surface area contributed by atoms with E-state index in [0.29, 0.717) is 10.8 Å². The average molecular weight is 358 g/mol. The zero-order valence-electron chi connectivity index (χ0n) is 12.7. The van der Waals surface area contributed by atoms with E-state index < -0.39 is 23.8 Å². The first kappa shape index (κ1) is 18.1. The molecule has 3 nitrogen and oxygen atoms in total. The molecule has 0 heterocycles. The molecule has 0 unspecified atom stereocenters. The van der Waals surface area contributed by atoms with Gasteiger partial charge in [0, 0.05) is 0 Å². The molecule has 0 spiro atoms. The number of hydrogen-bond donors (Lipinski definition) is 1. The van der Waals surface area contributed by atoms with Gasteiger partial charge in [0.1, 0.15) is 5.75 Å². The second-order valence-corrected chi connectivity index (χ2v) is 5.38. The van der Waals surface area contributed by atoms with Crippen molar-refractivity contribution in [3.63, 3.8) is 0 Å². The lowest BCUT2D eigenvalue weighted by molar-refractivity contribution is -0.137. The lowest BCUT2D eigenvalue weighted by Crippen LogP contribution is -2.33. The number of carbonyl (C=O) groups is 1. The van der Waals surface area contributed by atoms with E-state index in [1.807, 2.05) is 0 Å². The maximum absolute atomic E-state index is 13.0. The third kappa shape index (κ3) is 4.41. The molecule has 0 aliphatic carbocycles. The highest BCUT2D eigenvalue weighted by Gasteiger charge is 2.34. The Kier molecular flexibility index (Phi) is 5.72. The molecule has 2 aromatic rings. The lowest BCUT2D eigenvalue weighted by Gasteiger charge is -2.19. The maximum atomic E-state index is 13.0. The number of hydrogen-bond acceptors (Lipinski definition) is 2. The summed E-state index contributed by atoms with van der Waals surface area (Å²) >= 11 is 5.97. The van der Waals surface area contributed by atoms with Gasteiger partial charge in [-0.1, -0.05) is 42.8 Å². The second kappa shape index (κ2) is 7.57. The van der Waals surface area contributed by atoms with Crippen molar-refractivity contribution < 1.29 is 22.7 Å². The molecule has 0 saturated heterocycles. The van der Waals surface area contributed by atoms with Crippen molar-refractivity contribution in [1.82, 2.24) is 0 Å². The highest BCUT2D eigenvalue weighted by Crippen LogP contribution is 2.34. The molecule has 2 rings (SSSR count). The van der Waals surface area contributed by atoms with Crippen molar-refractivity contribution in [1.29, 1.82) is 0 Å². The zero-order valence-corrected chi connectivity index (χ0v) is 13.5. The molecule has 0 radical (unpaired) electrons. The first-order chi connectivity index (χ1) is 11.3. The summed E-state index contributed by atoms with van der Waals surface area (Å²) in [5.41, 5.74) is -1.22. The van der Waals surface area contributed by atoms with E-state index in [4.69, 9.17) is 16.3 Å². The molecule has 0 aromatic heterocycles. The van der Waals surface area contributed by atoms with Gasteiger partial charge in [0.15, 0.2) is 6.10 Å². The Hall–Kier alpha value is -2.21. The van der Waals surface area contributed by atoms with Crippen LogP contribution in [0.2, 0.25) is 5.02 Å². The van der Waals surface area contributed by atoms with Gasteiger partial charge in [0.2, 0.25) is 0 Å². The van der Waals surface area contributed by atoms with E-state index >= 15 is 0 Å². The van der Waals surface area contributed by atoms with Gasteiger partial charge in [0.25, 0.3) is 5.91 Å². The molecule has 128 valence electrons. The van der Waals surface area contributed by atoms with E-state index in [0.717, 1.165) is 6.07 Å². The molecule has 0 aliphatic rings. The number of amides is 1. The van der Waals surface area contributed by atoms with Crippen LogP contribution in [0.1, 0.15) is 18.9 Å². The fourth-order valence-corrected chi connectivity index (χ4v) is 2.25. The number of ether oxygens (including phenoxy) is 1. The van der Waals surface area contributed by atoms with Crippen molar-refractivity contribution in [2.24, 2.45) is 0 Å². The van der Waals surface area contributed by atoms with Gasteiger partial charge in [-0.15, -0.1) is 0 Å². The quantitative estimate of drug-likeness (QED) is 0.803. The predicted molar refractivity (Wildman–Crippen MR) is 86.2 cm³/mol. The van der Waals surface area contributed by atoms with E-state index in [9.17, 15) is 18.0 Å². The van der Waals surface area contributed by atoms with Crippen LogP contribution in [0, 0.1) is 0 Å². The topological polar surface area (TPSA) is 38.3 Å². The molecule has 0 bridgehead atoms. The average Bonchev–Trinajstić information content (AvgIpc) is 2.53. The Morgan fingerprint density at radius 1 is 1.17 bits per heavy atom. The van der Waals surface area contributed by atoms with Crippen molar-refractivity contribution in [2.45, 2.75) is 25.6 Å². The minimum atomic E-state index is -4.56. The van der Waals surface area contributed by atoms with Crippen molar-refractivity contribution >= 4 is 23.2 Å². The van der Waals surface area contributed by atoms with Gasteiger partial charge in [-0.25, -0.2) is 0 Å². The van der Waals surface area contributed by atoms with Gasteiger partial charge in [0.05, 0.1) is 16.3 Å². The van der Waals surface area contributed by atoms with E-state index in [1.165, 1.54) is 18.2 Å². The molecule has 24 heavy (non-hydrogen) atoms. The number of benzene rings is 2. The van der Waals surface area contributed by atoms with Crippen molar-refractivity contribution in [3.05, 3.63) is 59.1 Å². The molecular weight excluding hydrogens is 343 g/mol. The van der Waals surface area contributed by atoms with Crippen LogP contribution in [0.4, 0.5) is 18.9 Å². The van der Waals surface area contributed by atoms with Gasteiger partial charge < -0.3 is 10.1 Å². The Morgan fingerprint density at radius 2 is 1.79 bits per heavy atom. The molecule has 0 saturated carbocycles. The summed E-state index contributed by atoms with van der Waals surface area (Å²) in [4.78, 5) is 12.3. The number of anilines is 1.